The third-order valence-electron chi connectivity index (χ3n) is 3.40. The van der Waals surface area contributed by atoms with Crippen LogP contribution in [0.2, 0.25) is 0 Å². The van der Waals surface area contributed by atoms with Gasteiger partial charge in [0, 0.05) is 18.3 Å². The average Bonchev–Trinajstić information content (AvgIpc) is 2.42. The number of hydrogen-bond donors (Lipinski definition) is 2. The molecule has 2 N–H and O–H groups in total. The lowest BCUT2D eigenvalue weighted by molar-refractivity contribution is -0.115. The van der Waals surface area contributed by atoms with Crippen LogP contribution in [-0.4, -0.2) is 11.8 Å². The molecular formula is C18H20N2O2. The number of hydrogen-bond acceptors (Lipinski definition) is 2. The molecule has 22 heavy (non-hydrogen) atoms. The van der Waals surface area contributed by atoms with Crippen molar-refractivity contribution in [2.24, 2.45) is 0 Å². The van der Waals surface area contributed by atoms with E-state index in [1.54, 1.807) is 24.3 Å². The van der Waals surface area contributed by atoms with Gasteiger partial charge in [-0.25, -0.2) is 0 Å². The number of aryl methyl sites for hydroxylation is 2. The summed E-state index contributed by atoms with van der Waals surface area (Å²) in [6.45, 7) is 5.53. The predicted octanol–water partition coefficient (Wildman–Crippen LogP) is 3.44. The minimum atomic E-state index is -0.140. The summed E-state index contributed by atoms with van der Waals surface area (Å²) in [4.78, 5) is 23.2. The van der Waals surface area contributed by atoms with E-state index in [9.17, 15) is 9.59 Å². The molecule has 0 saturated heterocycles. The van der Waals surface area contributed by atoms with E-state index in [2.05, 4.69) is 10.6 Å². The Labute approximate surface area is 130 Å². The van der Waals surface area contributed by atoms with Gasteiger partial charge in [0.2, 0.25) is 11.8 Å². The van der Waals surface area contributed by atoms with E-state index >= 15 is 0 Å². The summed E-state index contributed by atoms with van der Waals surface area (Å²) in [5.74, 6) is -0.221. The first-order valence-corrected chi connectivity index (χ1v) is 7.17. The van der Waals surface area contributed by atoms with Crippen LogP contribution in [-0.2, 0) is 16.0 Å². The van der Waals surface area contributed by atoms with Crippen LogP contribution < -0.4 is 10.6 Å². The Balaban J connectivity index is 2.02. The number of nitrogens with one attached hydrogen (secondary N) is 2. The number of rotatable bonds is 4. The maximum atomic E-state index is 12.1. The van der Waals surface area contributed by atoms with Gasteiger partial charge in [-0.2, -0.15) is 0 Å². The molecule has 0 radical (unpaired) electrons. The zero-order valence-corrected chi connectivity index (χ0v) is 13.1. The Kier molecular flexibility index (Phi) is 4.94. The quantitative estimate of drug-likeness (QED) is 0.908. The molecule has 4 heteroatoms. The molecule has 4 nitrogen and oxygen atoms in total. The molecule has 0 aromatic heterocycles. The van der Waals surface area contributed by atoms with Gasteiger partial charge < -0.3 is 10.6 Å². The lowest BCUT2D eigenvalue weighted by Crippen LogP contribution is -2.15. The number of carbonyl (C=O) groups is 2. The molecule has 0 unspecified atom stereocenters. The van der Waals surface area contributed by atoms with Gasteiger partial charge in [0.1, 0.15) is 0 Å². The Morgan fingerprint density at radius 1 is 0.909 bits per heavy atom. The predicted molar refractivity (Wildman–Crippen MR) is 89.0 cm³/mol. The van der Waals surface area contributed by atoms with Crippen LogP contribution in [0.1, 0.15) is 23.6 Å². The van der Waals surface area contributed by atoms with Crippen LogP contribution in [0.4, 0.5) is 11.4 Å². The third-order valence-corrected chi connectivity index (χ3v) is 3.40. The second-order valence-corrected chi connectivity index (χ2v) is 5.41. The Morgan fingerprint density at radius 3 is 2.23 bits per heavy atom. The summed E-state index contributed by atoms with van der Waals surface area (Å²) in [6, 6.07) is 13.1. The van der Waals surface area contributed by atoms with E-state index in [4.69, 9.17) is 0 Å². The second kappa shape index (κ2) is 6.89. The summed E-state index contributed by atoms with van der Waals surface area (Å²) in [5, 5.41) is 5.54. The van der Waals surface area contributed by atoms with E-state index in [0.29, 0.717) is 17.8 Å². The molecular weight excluding hydrogens is 276 g/mol. The average molecular weight is 296 g/mol. The third kappa shape index (κ3) is 4.45. The van der Waals surface area contributed by atoms with Gasteiger partial charge in [-0.15, -0.1) is 0 Å². The lowest BCUT2D eigenvalue weighted by Gasteiger charge is -2.09. The van der Waals surface area contributed by atoms with Gasteiger partial charge in [-0.05, 0) is 48.7 Å². The van der Waals surface area contributed by atoms with Gasteiger partial charge in [-0.1, -0.05) is 24.3 Å². The highest BCUT2D eigenvalue weighted by Crippen LogP contribution is 2.16. The maximum absolute atomic E-state index is 12.1. The van der Waals surface area contributed by atoms with E-state index in [-0.39, 0.29) is 11.8 Å². The minimum absolute atomic E-state index is 0.0803. The van der Waals surface area contributed by atoms with Gasteiger partial charge in [0.15, 0.2) is 0 Å². The molecule has 2 rings (SSSR count). The largest absolute Gasteiger partial charge is 0.326 e. The highest BCUT2D eigenvalue weighted by atomic mass is 16.2. The van der Waals surface area contributed by atoms with Crippen LogP contribution in [0.25, 0.3) is 0 Å². The molecule has 0 aliphatic rings. The highest BCUT2D eigenvalue weighted by molar-refractivity contribution is 5.94. The first kappa shape index (κ1) is 15.8. The van der Waals surface area contributed by atoms with E-state index < -0.39 is 0 Å². The van der Waals surface area contributed by atoms with Gasteiger partial charge in [0.05, 0.1) is 6.42 Å². The van der Waals surface area contributed by atoms with Crippen molar-refractivity contribution < 1.29 is 9.59 Å². The molecule has 0 bridgehead atoms. The molecule has 2 aromatic rings. The summed E-state index contributed by atoms with van der Waals surface area (Å²) >= 11 is 0. The van der Waals surface area contributed by atoms with Crippen molar-refractivity contribution >= 4 is 23.2 Å². The fourth-order valence-electron chi connectivity index (χ4n) is 2.18. The number of anilines is 2. The zero-order valence-electron chi connectivity index (χ0n) is 13.1. The van der Waals surface area contributed by atoms with E-state index in [0.717, 1.165) is 5.56 Å². The monoisotopic (exact) mass is 296 g/mol. The summed E-state index contributed by atoms with van der Waals surface area (Å²) in [5.41, 5.74) is 4.71. The van der Waals surface area contributed by atoms with E-state index in [1.165, 1.54) is 18.1 Å². The first-order valence-electron chi connectivity index (χ1n) is 7.17. The molecule has 2 aromatic carbocycles. The molecule has 0 spiro atoms. The molecule has 0 aliphatic carbocycles. The molecule has 0 aliphatic heterocycles. The molecule has 0 fully saturated rings. The number of benzene rings is 2. The topological polar surface area (TPSA) is 58.2 Å². The lowest BCUT2D eigenvalue weighted by atomic mass is 10.0. The number of amides is 2. The van der Waals surface area contributed by atoms with Crippen molar-refractivity contribution in [3.63, 3.8) is 0 Å². The highest BCUT2D eigenvalue weighted by Gasteiger charge is 2.06. The molecule has 2 amide bonds. The molecule has 0 saturated carbocycles. The minimum Gasteiger partial charge on any atom is -0.326 e. The molecule has 0 atom stereocenters. The van der Waals surface area contributed by atoms with Crippen LogP contribution in [0.3, 0.4) is 0 Å². The normalized spacial score (nSPS) is 10.1. The standard InChI is InChI=1S/C18H20N2O2/c1-12-7-8-15(9-13(12)2)10-18(22)20-17-6-4-5-16(11-17)19-14(3)21/h4-9,11H,10H2,1-3H3,(H,19,21)(H,20,22). The van der Waals surface area contributed by atoms with Crippen molar-refractivity contribution in [3.8, 4) is 0 Å². The van der Waals surface area contributed by atoms with Gasteiger partial charge >= 0.3 is 0 Å². The van der Waals surface area contributed by atoms with Crippen molar-refractivity contribution in [2.75, 3.05) is 10.6 Å². The Morgan fingerprint density at radius 2 is 1.59 bits per heavy atom. The van der Waals surface area contributed by atoms with Gasteiger partial charge in [-0.3, -0.25) is 9.59 Å². The molecule has 114 valence electrons. The SMILES string of the molecule is CC(=O)Nc1cccc(NC(=O)Cc2ccc(C)c(C)c2)c1. The molecule has 0 heterocycles. The number of carbonyl (C=O) groups excluding carboxylic acids is 2. The van der Waals surface area contributed by atoms with E-state index in [1.807, 2.05) is 32.0 Å². The van der Waals surface area contributed by atoms with Crippen LogP contribution in [0.5, 0.6) is 0 Å². The summed E-state index contributed by atoms with van der Waals surface area (Å²) < 4.78 is 0. The summed E-state index contributed by atoms with van der Waals surface area (Å²) in [7, 11) is 0. The fourth-order valence-corrected chi connectivity index (χ4v) is 2.18. The maximum Gasteiger partial charge on any atom is 0.228 e. The Hall–Kier alpha value is -2.62. The van der Waals surface area contributed by atoms with Crippen molar-refractivity contribution in [2.45, 2.75) is 27.2 Å². The van der Waals surface area contributed by atoms with Gasteiger partial charge in [0.25, 0.3) is 0 Å². The van der Waals surface area contributed by atoms with Crippen molar-refractivity contribution in [3.05, 3.63) is 59.2 Å². The van der Waals surface area contributed by atoms with Crippen molar-refractivity contribution in [1.29, 1.82) is 0 Å². The van der Waals surface area contributed by atoms with Crippen LogP contribution in [0.15, 0.2) is 42.5 Å². The van der Waals surface area contributed by atoms with Crippen molar-refractivity contribution in [1.82, 2.24) is 0 Å². The second-order valence-electron chi connectivity index (χ2n) is 5.41. The zero-order chi connectivity index (χ0) is 16.1. The Bertz CT molecular complexity index is 708. The summed E-state index contributed by atoms with van der Waals surface area (Å²) in [6.07, 6.45) is 0.325. The van der Waals surface area contributed by atoms with Crippen LogP contribution in [0, 0.1) is 13.8 Å². The fraction of sp³-hybridized carbons (Fsp3) is 0.222. The smallest absolute Gasteiger partial charge is 0.228 e. The first-order chi connectivity index (χ1) is 10.4. The van der Waals surface area contributed by atoms with Crippen LogP contribution >= 0.6 is 0 Å².